The molecular formula is C9H14N4O4. The second-order valence-corrected chi connectivity index (χ2v) is 3.66. The number of primary amides is 1. The van der Waals surface area contributed by atoms with Gasteiger partial charge in [0.15, 0.2) is 0 Å². The molecule has 8 heteroatoms. The maximum absolute atomic E-state index is 11.7. The summed E-state index contributed by atoms with van der Waals surface area (Å²) in [5.74, 6) is -2.98. The third-order valence-corrected chi connectivity index (χ3v) is 2.35. The predicted molar refractivity (Wildman–Crippen MR) is 56.1 cm³/mol. The summed E-state index contributed by atoms with van der Waals surface area (Å²) < 4.78 is 0. The summed E-state index contributed by atoms with van der Waals surface area (Å²) in [6.07, 6.45) is 0.0146. The Bertz CT molecular complexity index is 368. The molecule has 4 amide bonds. The Kier molecular flexibility index (Phi) is 4.16. The second-order valence-electron chi connectivity index (χ2n) is 3.66. The normalized spacial score (nSPS) is 17.6. The molecule has 1 aliphatic rings. The number of rotatable bonds is 4. The molecule has 1 atom stereocenters. The number of nitrogens with one attached hydrogen (secondary N) is 1. The Morgan fingerprint density at radius 3 is 2.65 bits per heavy atom. The number of carbonyl (C=O) groups excluding carboxylic acids is 4. The minimum Gasteiger partial charge on any atom is -0.370 e. The maximum Gasteiger partial charge on any atom is 0.318 e. The average molecular weight is 242 g/mol. The number of nitrogens with zero attached hydrogens (tertiary/aromatic N) is 1. The molecule has 1 heterocycles. The predicted octanol–water partition coefficient (Wildman–Crippen LogP) is -2.94. The van der Waals surface area contributed by atoms with Crippen molar-refractivity contribution < 1.29 is 19.2 Å². The van der Waals surface area contributed by atoms with Gasteiger partial charge in [-0.3, -0.25) is 24.1 Å². The highest BCUT2D eigenvalue weighted by atomic mass is 16.2. The number of hydrogen-bond acceptors (Lipinski definition) is 5. The van der Waals surface area contributed by atoms with Crippen molar-refractivity contribution in [3.05, 3.63) is 0 Å². The van der Waals surface area contributed by atoms with Gasteiger partial charge < -0.3 is 16.8 Å². The zero-order valence-electron chi connectivity index (χ0n) is 9.14. The Hall–Kier alpha value is -1.96. The molecule has 0 bridgehead atoms. The van der Waals surface area contributed by atoms with E-state index in [-0.39, 0.29) is 25.9 Å². The van der Waals surface area contributed by atoms with E-state index in [4.69, 9.17) is 11.5 Å². The molecule has 94 valence electrons. The van der Waals surface area contributed by atoms with E-state index >= 15 is 0 Å². The molecule has 5 N–H and O–H groups in total. The summed E-state index contributed by atoms with van der Waals surface area (Å²) in [4.78, 5) is 45.4. The molecule has 8 nitrogen and oxygen atoms in total. The van der Waals surface area contributed by atoms with Crippen molar-refractivity contribution in [3.8, 4) is 0 Å². The van der Waals surface area contributed by atoms with E-state index in [1.54, 1.807) is 0 Å². The van der Waals surface area contributed by atoms with Crippen LogP contribution in [-0.4, -0.2) is 47.7 Å². The summed E-state index contributed by atoms with van der Waals surface area (Å²) >= 11 is 0. The fourth-order valence-corrected chi connectivity index (χ4v) is 1.41. The van der Waals surface area contributed by atoms with Gasteiger partial charge in [0.1, 0.15) is 0 Å². The minimum atomic E-state index is -1.00. The quantitative estimate of drug-likeness (QED) is 0.453. The highest BCUT2D eigenvalue weighted by Gasteiger charge is 2.33. The van der Waals surface area contributed by atoms with Crippen LogP contribution in [0.3, 0.4) is 0 Å². The largest absolute Gasteiger partial charge is 0.370 e. The minimum absolute atomic E-state index is 0.0405. The molecule has 1 saturated heterocycles. The Balaban J connectivity index is 2.59. The second kappa shape index (κ2) is 5.39. The molecule has 0 aromatic rings. The number of nitrogens with two attached hydrogens (primary N) is 2. The standard InChI is InChI=1S/C9H14N4O4/c10-5(1-2-6(11)14)8(16)13-4-3-12-7(15)9(13)17/h5H,1-4,10H2,(H2,11,14)(H,12,15). The molecule has 1 rings (SSSR count). The first kappa shape index (κ1) is 13.1. The van der Waals surface area contributed by atoms with Gasteiger partial charge in [0.25, 0.3) is 0 Å². The van der Waals surface area contributed by atoms with Crippen LogP contribution in [0, 0.1) is 0 Å². The van der Waals surface area contributed by atoms with Crippen molar-refractivity contribution in [1.29, 1.82) is 0 Å². The van der Waals surface area contributed by atoms with Crippen molar-refractivity contribution in [2.45, 2.75) is 18.9 Å². The van der Waals surface area contributed by atoms with Crippen LogP contribution in [-0.2, 0) is 19.2 Å². The van der Waals surface area contributed by atoms with Gasteiger partial charge >= 0.3 is 11.8 Å². The molecule has 0 saturated carbocycles. The molecule has 0 aromatic carbocycles. The Morgan fingerprint density at radius 1 is 1.41 bits per heavy atom. The van der Waals surface area contributed by atoms with Crippen molar-refractivity contribution in [2.75, 3.05) is 13.1 Å². The molecule has 1 fully saturated rings. The summed E-state index contributed by atoms with van der Waals surface area (Å²) in [6.45, 7) is 0.298. The van der Waals surface area contributed by atoms with Crippen molar-refractivity contribution in [3.63, 3.8) is 0 Å². The summed E-state index contributed by atoms with van der Waals surface area (Å²) in [7, 11) is 0. The van der Waals surface area contributed by atoms with Crippen molar-refractivity contribution in [1.82, 2.24) is 10.2 Å². The number of carbonyl (C=O) groups is 4. The smallest absolute Gasteiger partial charge is 0.318 e. The molecule has 0 aliphatic carbocycles. The molecule has 0 radical (unpaired) electrons. The van der Waals surface area contributed by atoms with Gasteiger partial charge in [-0.15, -0.1) is 0 Å². The summed E-state index contributed by atoms with van der Waals surface area (Å²) in [5.41, 5.74) is 10.4. The van der Waals surface area contributed by atoms with Crippen LogP contribution in [0.2, 0.25) is 0 Å². The Morgan fingerprint density at radius 2 is 2.06 bits per heavy atom. The molecule has 17 heavy (non-hydrogen) atoms. The first-order valence-electron chi connectivity index (χ1n) is 5.11. The monoisotopic (exact) mass is 242 g/mol. The van der Waals surface area contributed by atoms with E-state index in [1.807, 2.05) is 0 Å². The lowest BCUT2D eigenvalue weighted by Gasteiger charge is -2.26. The van der Waals surface area contributed by atoms with Gasteiger partial charge in [-0.2, -0.15) is 0 Å². The number of amides is 4. The molecule has 0 aromatic heterocycles. The first-order valence-corrected chi connectivity index (χ1v) is 5.11. The molecular weight excluding hydrogens is 228 g/mol. The highest BCUT2D eigenvalue weighted by Crippen LogP contribution is 2.03. The number of imide groups is 1. The lowest BCUT2D eigenvalue weighted by atomic mass is 10.1. The third kappa shape index (κ3) is 3.25. The fourth-order valence-electron chi connectivity index (χ4n) is 1.41. The summed E-state index contributed by atoms with van der Waals surface area (Å²) in [5, 5.41) is 2.31. The van der Waals surface area contributed by atoms with E-state index in [0.29, 0.717) is 0 Å². The van der Waals surface area contributed by atoms with Gasteiger partial charge in [-0.25, -0.2) is 0 Å². The Labute approximate surface area is 97.3 Å². The van der Waals surface area contributed by atoms with E-state index in [0.717, 1.165) is 4.90 Å². The van der Waals surface area contributed by atoms with Crippen LogP contribution in [0.5, 0.6) is 0 Å². The molecule has 1 unspecified atom stereocenters. The highest BCUT2D eigenvalue weighted by molar-refractivity contribution is 6.38. The zero-order valence-corrected chi connectivity index (χ0v) is 9.14. The van der Waals surface area contributed by atoms with E-state index in [1.165, 1.54) is 0 Å². The van der Waals surface area contributed by atoms with Crippen LogP contribution >= 0.6 is 0 Å². The van der Waals surface area contributed by atoms with E-state index in [2.05, 4.69) is 5.32 Å². The zero-order chi connectivity index (χ0) is 13.0. The van der Waals surface area contributed by atoms with Gasteiger partial charge in [0, 0.05) is 19.5 Å². The van der Waals surface area contributed by atoms with E-state index in [9.17, 15) is 19.2 Å². The molecule has 0 spiro atoms. The maximum atomic E-state index is 11.7. The van der Waals surface area contributed by atoms with Gasteiger partial charge in [-0.05, 0) is 6.42 Å². The van der Waals surface area contributed by atoms with Gasteiger partial charge in [0.05, 0.1) is 6.04 Å². The third-order valence-electron chi connectivity index (χ3n) is 2.35. The van der Waals surface area contributed by atoms with Crippen molar-refractivity contribution >= 4 is 23.6 Å². The van der Waals surface area contributed by atoms with Crippen LogP contribution in [0.1, 0.15) is 12.8 Å². The van der Waals surface area contributed by atoms with Crippen LogP contribution < -0.4 is 16.8 Å². The van der Waals surface area contributed by atoms with E-state index < -0.39 is 29.7 Å². The van der Waals surface area contributed by atoms with Gasteiger partial charge in [-0.1, -0.05) is 0 Å². The van der Waals surface area contributed by atoms with Crippen LogP contribution in [0.4, 0.5) is 0 Å². The first-order chi connectivity index (χ1) is 7.93. The van der Waals surface area contributed by atoms with Crippen LogP contribution in [0.25, 0.3) is 0 Å². The average Bonchev–Trinajstić information content (AvgIpc) is 2.28. The summed E-state index contributed by atoms with van der Waals surface area (Å²) in [6, 6.07) is -1.00. The van der Waals surface area contributed by atoms with Crippen molar-refractivity contribution in [2.24, 2.45) is 11.5 Å². The fraction of sp³-hybridized carbons (Fsp3) is 0.556. The van der Waals surface area contributed by atoms with Gasteiger partial charge in [0.2, 0.25) is 11.8 Å². The number of piperazine rings is 1. The molecule has 1 aliphatic heterocycles. The SMILES string of the molecule is NC(=O)CCC(N)C(=O)N1CCNC(=O)C1=O. The van der Waals surface area contributed by atoms with Crippen LogP contribution in [0.15, 0.2) is 0 Å². The lowest BCUT2D eigenvalue weighted by Crippen LogP contribution is -2.57. The number of hydrogen-bond donors (Lipinski definition) is 3. The lowest BCUT2D eigenvalue weighted by molar-refractivity contribution is -0.155. The topological polar surface area (TPSA) is 136 Å².